The SMILES string of the molecule is CCN(CCCN(C)C)CC1C(=O)C(C)(C)OC1(C)C. The first-order chi connectivity index (χ1) is 9.10. The number of rotatable bonds is 7. The van der Waals surface area contributed by atoms with Gasteiger partial charge in [0.25, 0.3) is 0 Å². The molecule has 1 atom stereocenters. The molecular formula is C16H32N2O2. The van der Waals surface area contributed by atoms with Gasteiger partial charge in [-0.2, -0.15) is 0 Å². The zero-order valence-electron chi connectivity index (χ0n) is 14.3. The fourth-order valence-electron chi connectivity index (χ4n) is 3.06. The molecule has 20 heavy (non-hydrogen) atoms. The van der Waals surface area contributed by atoms with Crippen LogP contribution in [0.15, 0.2) is 0 Å². The van der Waals surface area contributed by atoms with Crippen LogP contribution in [0.25, 0.3) is 0 Å². The van der Waals surface area contributed by atoms with Crippen molar-refractivity contribution in [3.63, 3.8) is 0 Å². The van der Waals surface area contributed by atoms with Gasteiger partial charge in [-0.15, -0.1) is 0 Å². The molecule has 0 N–H and O–H groups in total. The number of carbonyl (C=O) groups excluding carboxylic acids is 1. The molecule has 1 fully saturated rings. The molecule has 0 bridgehead atoms. The van der Waals surface area contributed by atoms with Gasteiger partial charge in [-0.3, -0.25) is 4.79 Å². The van der Waals surface area contributed by atoms with Crippen LogP contribution in [-0.4, -0.2) is 67.1 Å². The molecule has 1 unspecified atom stereocenters. The van der Waals surface area contributed by atoms with Crippen LogP contribution >= 0.6 is 0 Å². The van der Waals surface area contributed by atoms with E-state index in [-0.39, 0.29) is 17.3 Å². The lowest BCUT2D eigenvalue weighted by Crippen LogP contribution is -2.41. The van der Waals surface area contributed by atoms with Crippen molar-refractivity contribution in [1.29, 1.82) is 0 Å². The van der Waals surface area contributed by atoms with Crippen LogP contribution in [0.4, 0.5) is 0 Å². The van der Waals surface area contributed by atoms with Crippen LogP contribution in [0, 0.1) is 5.92 Å². The van der Waals surface area contributed by atoms with Gasteiger partial charge in [0.05, 0.1) is 11.5 Å². The Morgan fingerprint density at radius 2 is 1.75 bits per heavy atom. The van der Waals surface area contributed by atoms with E-state index >= 15 is 0 Å². The quantitative estimate of drug-likeness (QED) is 0.716. The first-order valence-electron chi connectivity index (χ1n) is 7.71. The van der Waals surface area contributed by atoms with E-state index in [0.717, 1.165) is 32.6 Å². The Labute approximate surface area is 124 Å². The zero-order valence-corrected chi connectivity index (χ0v) is 14.3. The Kier molecular flexibility index (Phi) is 5.76. The lowest BCUT2D eigenvalue weighted by molar-refractivity contribution is -0.132. The Bertz CT molecular complexity index is 337. The summed E-state index contributed by atoms with van der Waals surface area (Å²) in [5, 5.41) is 0. The number of hydrogen-bond acceptors (Lipinski definition) is 4. The third kappa shape index (κ3) is 4.27. The average molecular weight is 284 g/mol. The second kappa shape index (κ2) is 6.54. The maximum Gasteiger partial charge on any atom is 0.171 e. The van der Waals surface area contributed by atoms with Crippen LogP contribution in [0.3, 0.4) is 0 Å². The molecule has 0 aromatic rings. The zero-order chi connectivity index (χ0) is 15.6. The Morgan fingerprint density at radius 1 is 1.15 bits per heavy atom. The van der Waals surface area contributed by atoms with Crippen molar-refractivity contribution >= 4 is 5.78 Å². The highest BCUT2D eigenvalue weighted by atomic mass is 16.5. The molecule has 0 saturated carbocycles. The van der Waals surface area contributed by atoms with E-state index in [2.05, 4.69) is 30.8 Å². The monoisotopic (exact) mass is 284 g/mol. The number of ether oxygens (including phenoxy) is 1. The van der Waals surface area contributed by atoms with Crippen molar-refractivity contribution in [2.75, 3.05) is 40.3 Å². The van der Waals surface area contributed by atoms with Crippen molar-refractivity contribution in [2.45, 2.75) is 52.2 Å². The van der Waals surface area contributed by atoms with Crippen LogP contribution < -0.4 is 0 Å². The summed E-state index contributed by atoms with van der Waals surface area (Å²) in [6, 6.07) is 0. The highest BCUT2D eigenvalue weighted by Gasteiger charge is 2.53. The number of Topliss-reactive ketones (excluding diaryl/α,β-unsaturated/α-hetero) is 1. The van der Waals surface area contributed by atoms with E-state index < -0.39 is 5.60 Å². The van der Waals surface area contributed by atoms with Crippen molar-refractivity contribution < 1.29 is 9.53 Å². The number of ketones is 1. The fraction of sp³-hybridized carbons (Fsp3) is 0.938. The number of hydrogen-bond donors (Lipinski definition) is 0. The largest absolute Gasteiger partial charge is 0.361 e. The van der Waals surface area contributed by atoms with E-state index in [1.165, 1.54) is 0 Å². The van der Waals surface area contributed by atoms with Crippen molar-refractivity contribution in [2.24, 2.45) is 5.92 Å². The molecule has 1 heterocycles. The van der Waals surface area contributed by atoms with E-state index in [9.17, 15) is 4.79 Å². The second-order valence-electron chi connectivity index (χ2n) is 7.18. The van der Waals surface area contributed by atoms with Crippen LogP contribution in [0.1, 0.15) is 41.0 Å². The molecule has 1 aliphatic rings. The predicted molar refractivity (Wildman–Crippen MR) is 83.0 cm³/mol. The summed E-state index contributed by atoms with van der Waals surface area (Å²) in [7, 11) is 4.19. The van der Waals surface area contributed by atoms with E-state index in [0.29, 0.717) is 0 Å². The van der Waals surface area contributed by atoms with Gasteiger partial charge in [0.15, 0.2) is 5.78 Å². The molecule has 4 nitrogen and oxygen atoms in total. The molecule has 118 valence electrons. The third-order valence-electron chi connectivity index (χ3n) is 4.23. The van der Waals surface area contributed by atoms with E-state index in [1.54, 1.807) is 0 Å². The Morgan fingerprint density at radius 3 is 2.15 bits per heavy atom. The molecule has 0 aromatic heterocycles. The summed E-state index contributed by atoms with van der Waals surface area (Å²) in [5.74, 6) is 0.213. The smallest absolute Gasteiger partial charge is 0.171 e. The molecule has 0 aromatic carbocycles. The minimum absolute atomic E-state index is 0.0307. The number of nitrogens with zero attached hydrogens (tertiary/aromatic N) is 2. The van der Waals surface area contributed by atoms with Crippen molar-refractivity contribution in [1.82, 2.24) is 9.80 Å². The van der Waals surface area contributed by atoms with Gasteiger partial charge in [0.2, 0.25) is 0 Å². The summed E-state index contributed by atoms with van der Waals surface area (Å²) < 4.78 is 5.96. The Balaban J connectivity index is 2.62. The lowest BCUT2D eigenvalue weighted by Gasteiger charge is -2.30. The van der Waals surface area contributed by atoms with Crippen molar-refractivity contribution in [3.05, 3.63) is 0 Å². The second-order valence-corrected chi connectivity index (χ2v) is 7.18. The molecule has 4 heteroatoms. The topological polar surface area (TPSA) is 32.8 Å². The summed E-state index contributed by atoms with van der Waals surface area (Å²) in [4.78, 5) is 17.1. The third-order valence-corrected chi connectivity index (χ3v) is 4.23. The summed E-state index contributed by atoms with van der Waals surface area (Å²) in [6.07, 6.45) is 1.13. The van der Waals surface area contributed by atoms with E-state index in [1.807, 2.05) is 27.7 Å². The van der Waals surface area contributed by atoms with Crippen LogP contribution in [-0.2, 0) is 9.53 Å². The number of carbonyl (C=O) groups is 1. The summed E-state index contributed by atoms with van der Waals surface area (Å²) in [6.45, 7) is 13.9. The van der Waals surface area contributed by atoms with E-state index in [4.69, 9.17) is 4.74 Å². The fourth-order valence-corrected chi connectivity index (χ4v) is 3.06. The predicted octanol–water partition coefficient (Wildman–Crippen LogP) is 2.03. The van der Waals surface area contributed by atoms with Gasteiger partial charge in [0, 0.05) is 6.54 Å². The van der Waals surface area contributed by atoms with Gasteiger partial charge >= 0.3 is 0 Å². The first kappa shape index (κ1) is 17.6. The normalized spacial score (nSPS) is 24.9. The van der Waals surface area contributed by atoms with Crippen LogP contribution in [0.5, 0.6) is 0 Å². The summed E-state index contributed by atoms with van der Waals surface area (Å²) >= 11 is 0. The molecule has 0 aliphatic carbocycles. The molecule has 0 radical (unpaired) electrons. The van der Waals surface area contributed by atoms with Crippen molar-refractivity contribution in [3.8, 4) is 0 Å². The lowest BCUT2D eigenvalue weighted by atomic mass is 9.85. The maximum absolute atomic E-state index is 12.5. The standard InChI is InChI=1S/C16H32N2O2/c1-8-18(11-9-10-17(6)7)12-13-14(19)16(4,5)20-15(13,2)3/h13H,8-12H2,1-7H3. The van der Waals surface area contributed by atoms with Gasteiger partial charge in [-0.05, 0) is 67.8 Å². The van der Waals surface area contributed by atoms with Gasteiger partial charge in [-0.25, -0.2) is 0 Å². The molecule has 0 spiro atoms. The van der Waals surface area contributed by atoms with Gasteiger partial charge in [-0.1, -0.05) is 6.92 Å². The highest BCUT2D eigenvalue weighted by molar-refractivity contribution is 5.91. The maximum atomic E-state index is 12.5. The summed E-state index contributed by atoms with van der Waals surface area (Å²) in [5.41, 5.74) is -1.01. The molecule has 1 aliphatic heterocycles. The molecule has 1 rings (SSSR count). The average Bonchev–Trinajstić information content (AvgIpc) is 2.44. The van der Waals surface area contributed by atoms with Gasteiger partial charge in [0.1, 0.15) is 5.60 Å². The molecule has 0 amide bonds. The minimum atomic E-state index is -0.642. The first-order valence-corrected chi connectivity index (χ1v) is 7.71. The minimum Gasteiger partial charge on any atom is -0.361 e. The van der Waals surface area contributed by atoms with Gasteiger partial charge < -0.3 is 14.5 Å². The molecule has 1 saturated heterocycles. The highest BCUT2D eigenvalue weighted by Crippen LogP contribution is 2.39. The van der Waals surface area contributed by atoms with Crippen LogP contribution in [0.2, 0.25) is 0 Å². The molecular weight excluding hydrogens is 252 g/mol. The Hall–Kier alpha value is -0.450.